The van der Waals surface area contributed by atoms with Crippen LogP contribution in [0, 0.1) is 16.7 Å². The Morgan fingerprint density at radius 1 is 0.933 bits per heavy atom. The lowest BCUT2D eigenvalue weighted by molar-refractivity contribution is -0.104. The molecule has 4 aliphatic rings. The van der Waals surface area contributed by atoms with Crippen molar-refractivity contribution in [2.75, 3.05) is 0 Å². The van der Waals surface area contributed by atoms with Gasteiger partial charge in [0.2, 0.25) is 0 Å². The summed E-state index contributed by atoms with van der Waals surface area (Å²) < 4.78 is 0. The molecule has 0 aliphatic heterocycles. The first-order valence-electron chi connectivity index (χ1n) is 5.70. The summed E-state index contributed by atoms with van der Waals surface area (Å²) in [5.41, 5.74) is 7.92. The van der Waals surface area contributed by atoms with Gasteiger partial charge < -0.3 is 5.73 Å². The summed E-state index contributed by atoms with van der Waals surface area (Å²) in [5.74, 6) is 0.955. The third-order valence-electron chi connectivity index (χ3n) is 4.67. The molecule has 15 heavy (non-hydrogen) atoms. The highest BCUT2D eigenvalue weighted by Crippen LogP contribution is 2.65. The van der Waals surface area contributed by atoms with Crippen molar-refractivity contribution in [3.8, 4) is 0 Å². The zero-order valence-electron chi connectivity index (χ0n) is 9.71. The van der Waals surface area contributed by atoms with Gasteiger partial charge in [0.25, 0.3) is 0 Å². The fourth-order valence-electron chi connectivity index (χ4n) is 5.54. The van der Waals surface area contributed by atoms with E-state index in [0.29, 0.717) is 10.8 Å². The van der Waals surface area contributed by atoms with E-state index in [4.69, 9.17) is 5.73 Å². The summed E-state index contributed by atoms with van der Waals surface area (Å²) in [6, 6.07) is 0. The number of hydrogen-bond donors (Lipinski definition) is 1. The molecule has 0 aromatic carbocycles. The van der Waals surface area contributed by atoms with Crippen LogP contribution in [0.15, 0.2) is 0 Å². The molecule has 4 fully saturated rings. The zero-order chi connectivity index (χ0) is 9.32. The smallest absolute Gasteiger partial charge is 0.0167 e. The molecule has 2 N–H and O–H groups in total. The first-order valence-corrected chi connectivity index (χ1v) is 5.70. The Balaban J connectivity index is 0.000000562. The van der Waals surface area contributed by atoms with Gasteiger partial charge in [0.15, 0.2) is 0 Å². The molecule has 0 saturated heterocycles. The SMILES string of the molecule is Br.CC12CC3CC(C)(C1)CC(N)(C3)C2.Cl. The van der Waals surface area contributed by atoms with Gasteiger partial charge >= 0.3 is 0 Å². The van der Waals surface area contributed by atoms with Crippen molar-refractivity contribution >= 4 is 29.4 Å². The Kier molecular flexibility index (Phi) is 3.32. The van der Waals surface area contributed by atoms with E-state index in [2.05, 4.69) is 13.8 Å². The third-order valence-corrected chi connectivity index (χ3v) is 4.67. The molecule has 0 spiro atoms. The maximum Gasteiger partial charge on any atom is 0.0167 e. The van der Waals surface area contributed by atoms with E-state index in [9.17, 15) is 0 Å². The van der Waals surface area contributed by atoms with E-state index in [1.54, 1.807) is 0 Å². The summed E-state index contributed by atoms with van der Waals surface area (Å²) >= 11 is 0. The molecule has 2 atom stereocenters. The van der Waals surface area contributed by atoms with Crippen molar-refractivity contribution < 1.29 is 0 Å². The number of halogens is 2. The Bertz CT molecular complexity index is 218. The Hall–Kier alpha value is 0.730. The Labute approximate surface area is 110 Å². The number of rotatable bonds is 0. The highest BCUT2D eigenvalue weighted by atomic mass is 79.9. The standard InChI is InChI=1S/C12H21N.BrH.ClH/c1-10-3-9-4-11(2,6-10)8-12(13,5-9)7-10;;/h9H,3-8,13H2,1-2H3;2*1H. The predicted molar refractivity (Wildman–Crippen MR) is 71.9 cm³/mol. The van der Waals surface area contributed by atoms with Gasteiger partial charge in [-0.2, -0.15) is 0 Å². The molecular weight excluding hydrogens is 273 g/mol. The molecule has 90 valence electrons. The summed E-state index contributed by atoms with van der Waals surface area (Å²) in [6.07, 6.45) is 8.27. The van der Waals surface area contributed by atoms with Gasteiger partial charge in [0.1, 0.15) is 0 Å². The molecular formula is C12H23BrClN. The van der Waals surface area contributed by atoms with Crippen molar-refractivity contribution in [1.29, 1.82) is 0 Å². The zero-order valence-corrected chi connectivity index (χ0v) is 12.2. The minimum absolute atomic E-state index is 0. The first kappa shape index (κ1) is 13.8. The fourth-order valence-corrected chi connectivity index (χ4v) is 5.54. The summed E-state index contributed by atoms with van der Waals surface area (Å²) in [7, 11) is 0. The Morgan fingerprint density at radius 2 is 1.40 bits per heavy atom. The highest BCUT2D eigenvalue weighted by Gasteiger charge is 2.58. The molecule has 4 aliphatic carbocycles. The van der Waals surface area contributed by atoms with E-state index in [1.807, 2.05) is 0 Å². The third kappa shape index (κ3) is 2.10. The molecule has 0 aromatic heterocycles. The molecule has 0 radical (unpaired) electrons. The van der Waals surface area contributed by atoms with Crippen LogP contribution in [0.3, 0.4) is 0 Å². The van der Waals surface area contributed by atoms with Crippen LogP contribution in [0.4, 0.5) is 0 Å². The van der Waals surface area contributed by atoms with Crippen LogP contribution >= 0.6 is 29.4 Å². The lowest BCUT2D eigenvalue weighted by Crippen LogP contribution is -2.62. The minimum atomic E-state index is 0. The molecule has 0 amide bonds. The van der Waals surface area contributed by atoms with Crippen molar-refractivity contribution in [3.63, 3.8) is 0 Å². The van der Waals surface area contributed by atoms with Crippen molar-refractivity contribution in [2.45, 2.75) is 57.9 Å². The van der Waals surface area contributed by atoms with E-state index < -0.39 is 0 Å². The summed E-state index contributed by atoms with van der Waals surface area (Å²) in [5, 5.41) is 0. The van der Waals surface area contributed by atoms with Crippen molar-refractivity contribution in [2.24, 2.45) is 22.5 Å². The second-order valence-electron chi connectivity index (χ2n) is 6.99. The van der Waals surface area contributed by atoms with Crippen LogP contribution in [0.2, 0.25) is 0 Å². The first-order chi connectivity index (χ1) is 5.91. The molecule has 4 rings (SSSR count). The van der Waals surface area contributed by atoms with Crippen LogP contribution in [-0.4, -0.2) is 5.54 Å². The molecule has 4 bridgehead atoms. The van der Waals surface area contributed by atoms with Gasteiger partial charge in [-0.3, -0.25) is 0 Å². The monoisotopic (exact) mass is 295 g/mol. The maximum atomic E-state index is 6.49. The predicted octanol–water partition coefficient (Wildman–Crippen LogP) is 3.69. The average molecular weight is 297 g/mol. The normalized spacial score (nSPS) is 55.8. The van der Waals surface area contributed by atoms with Gasteiger partial charge in [-0.1, -0.05) is 13.8 Å². The van der Waals surface area contributed by atoms with Crippen molar-refractivity contribution in [3.05, 3.63) is 0 Å². The van der Waals surface area contributed by atoms with Crippen LogP contribution in [0.5, 0.6) is 0 Å². The van der Waals surface area contributed by atoms with Crippen LogP contribution in [-0.2, 0) is 0 Å². The van der Waals surface area contributed by atoms with Gasteiger partial charge in [0, 0.05) is 5.54 Å². The molecule has 1 nitrogen and oxygen atoms in total. The summed E-state index contributed by atoms with van der Waals surface area (Å²) in [6.45, 7) is 4.94. The quantitative estimate of drug-likeness (QED) is 0.725. The minimum Gasteiger partial charge on any atom is -0.325 e. The maximum absolute atomic E-state index is 6.49. The van der Waals surface area contributed by atoms with Gasteiger partial charge in [0.05, 0.1) is 0 Å². The topological polar surface area (TPSA) is 26.0 Å². The average Bonchev–Trinajstić information content (AvgIpc) is 1.71. The highest BCUT2D eigenvalue weighted by molar-refractivity contribution is 8.93. The molecule has 0 heterocycles. The second-order valence-corrected chi connectivity index (χ2v) is 6.99. The molecule has 0 aromatic rings. The van der Waals surface area contributed by atoms with E-state index in [-0.39, 0.29) is 34.9 Å². The van der Waals surface area contributed by atoms with Gasteiger partial charge in [-0.25, -0.2) is 0 Å². The summed E-state index contributed by atoms with van der Waals surface area (Å²) in [4.78, 5) is 0. The van der Waals surface area contributed by atoms with Crippen LogP contribution < -0.4 is 5.73 Å². The number of nitrogens with two attached hydrogens (primary N) is 1. The second kappa shape index (κ2) is 3.61. The van der Waals surface area contributed by atoms with Gasteiger partial charge in [-0.05, 0) is 55.3 Å². The molecule has 3 heteroatoms. The number of hydrogen-bond acceptors (Lipinski definition) is 1. The van der Waals surface area contributed by atoms with Crippen LogP contribution in [0.1, 0.15) is 52.4 Å². The van der Waals surface area contributed by atoms with Crippen LogP contribution in [0.25, 0.3) is 0 Å². The molecule has 2 unspecified atom stereocenters. The lowest BCUT2D eigenvalue weighted by atomic mass is 9.43. The Morgan fingerprint density at radius 3 is 1.73 bits per heavy atom. The fraction of sp³-hybridized carbons (Fsp3) is 1.00. The largest absolute Gasteiger partial charge is 0.325 e. The van der Waals surface area contributed by atoms with Gasteiger partial charge in [-0.15, -0.1) is 29.4 Å². The molecule has 4 saturated carbocycles. The lowest BCUT2D eigenvalue weighted by Gasteiger charge is -2.64. The van der Waals surface area contributed by atoms with E-state index >= 15 is 0 Å². The van der Waals surface area contributed by atoms with E-state index in [0.717, 1.165) is 5.92 Å². The van der Waals surface area contributed by atoms with E-state index in [1.165, 1.54) is 38.5 Å². The van der Waals surface area contributed by atoms with Crippen molar-refractivity contribution in [1.82, 2.24) is 0 Å².